The molecular weight excluding hydrogens is 406 g/mol. The smallest absolute Gasteiger partial charge is 0.258 e. The Kier molecular flexibility index (Phi) is 7.07. The van der Waals surface area contributed by atoms with Crippen LogP contribution in [0.25, 0.3) is 0 Å². The third-order valence-corrected chi connectivity index (χ3v) is 5.47. The number of para-hydroxylation sites is 2. The van der Waals surface area contributed by atoms with Gasteiger partial charge in [0.05, 0.1) is 18.4 Å². The van der Waals surface area contributed by atoms with E-state index < -0.39 is 0 Å². The maximum absolute atomic E-state index is 12.8. The highest BCUT2D eigenvalue weighted by atomic mass is 16.5. The van der Waals surface area contributed by atoms with Crippen LogP contribution in [0.2, 0.25) is 0 Å². The molecule has 0 atom stereocenters. The average Bonchev–Trinajstić information content (AvgIpc) is 3.36. The molecule has 7 nitrogen and oxygen atoms in total. The van der Waals surface area contributed by atoms with Gasteiger partial charge in [-0.2, -0.15) is 0 Å². The number of hydrogen-bond acceptors (Lipinski definition) is 5. The van der Waals surface area contributed by atoms with Crippen molar-refractivity contribution in [2.24, 2.45) is 0 Å². The lowest BCUT2D eigenvalue weighted by Gasteiger charge is -2.34. The number of piperidine rings is 1. The monoisotopic (exact) mass is 433 g/mol. The molecule has 166 valence electrons. The lowest BCUT2D eigenvalue weighted by atomic mass is 10.0. The first-order chi connectivity index (χ1) is 15.7. The zero-order valence-electron chi connectivity index (χ0n) is 17.8. The minimum Gasteiger partial charge on any atom is -0.484 e. The van der Waals surface area contributed by atoms with Gasteiger partial charge in [-0.15, -0.1) is 0 Å². The molecule has 2 N–H and O–H groups in total. The molecule has 0 radical (unpaired) electrons. The number of nitrogens with zero attached hydrogens (tertiary/aromatic N) is 1. The van der Waals surface area contributed by atoms with E-state index in [-0.39, 0.29) is 24.5 Å². The van der Waals surface area contributed by atoms with Crippen LogP contribution in [0.4, 0.5) is 5.69 Å². The van der Waals surface area contributed by atoms with Crippen LogP contribution in [0.3, 0.4) is 0 Å². The van der Waals surface area contributed by atoms with Crippen molar-refractivity contribution in [2.75, 3.05) is 24.6 Å². The van der Waals surface area contributed by atoms with Crippen LogP contribution in [0.5, 0.6) is 5.75 Å². The summed E-state index contributed by atoms with van der Waals surface area (Å²) in [4.78, 5) is 27.2. The molecule has 0 spiro atoms. The number of nitrogens with one attached hydrogen (secondary N) is 2. The van der Waals surface area contributed by atoms with Crippen LogP contribution in [0, 0.1) is 0 Å². The lowest BCUT2D eigenvalue weighted by molar-refractivity contribution is -0.123. The molecule has 1 saturated heterocycles. The molecule has 2 aromatic carbocycles. The summed E-state index contributed by atoms with van der Waals surface area (Å²) in [6, 6.07) is 20.6. The van der Waals surface area contributed by atoms with E-state index in [2.05, 4.69) is 15.5 Å². The minimum atomic E-state index is -0.134. The first kappa shape index (κ1) is 21.5. The third kappa shape index (κ3) is 5.69. The zero-order chi connectivity index (χ0) is 22.2. The molecule has 1 fully saturated rings. The maximum Gasteiger partial charge on any atom is 0.258 e. The van der Waals surface area contributed by atoms with Gasteiger partial charge in [0.2, 0.25) is 0 Å². The third-order valence-electron chi connectivity index (χ3n) is 5.47. The standard InChI is InChI=1S/C25H27N3O4/c29-24(18-32-20-7-2-1-3-8-20)27-19-12-14-28(15-13-19)23-11-5-4-10-22(23)25(30)26-17-21-9-6-16-31-21/h1-11,16,19H,12-15,17-18H2,(H,26,30)(H,27,29). The van der Waals surface area contributed by atoms with E-state index >= 15 is 0 Å². The fourth-order valence-electron chi connectivity index (χ4n) is 3.82. The molecule has 2 heterocycles. The van der Waals surface area contributed by atoms with Crippen molar-refractivity contribution in [3.8, 4) is 5.75 Å². The van der Waals surface area contributed by atoms with Crippen molar-refractivity contribution >= 4 is 17.5 Å². The number of carbonyl (C=O) groups excluding carboxylic acids is 2. The highest BCUT2D eigenvalue weighted by Gasteiger charge is 2.24. The highest BCUT2D eigenvalue weighted by molar-refractivity contribution is 5.99. The van der Waals surface area contributed by atoms with E-state index in [0.717, 1.165) is 31.6 Å². The number of carbonyl (C=O) groups is 2. The van der Waals surface area contributed by atoms with E-state index in [1.165, 1.54) is 0 Å². The van der Waals surface area contributed by atoms with Gasteiger partial charge in [0.25, 0.3) is 11.8 Å². The van der Waals surface area contributed by atoms with E-state index in [9.17, 15) is 9.59 Å². The topological polar surface area (TPSA) is 83.8 Å². The number of rotatable bonds is 8. The van der Waals surface area contributed by atoms with Gasteiger partial charge in [0.1, 0.15) is 11.5 Å². The number of amides is 2. The van der Waals surface area contributed by atoms with Gasteiger partial charge in [-0.1, -0.05) is 30.3 Å². The second kappa shape index (κ2) is 10.5. The summed E-state index contributed by atoms with van der Waals surface area (Å²) >= 11 is 0. The van der Waals surface area contributed by atoms with E-state index in [1.54, 1.807) is 12.3 Å². The number of ether oxygens (including phenoxy) is 1. The highest BCUT2D eigenvalue weighted by Crippen LogP contribution is 2.24. The van der Waals surface area contributed by atoms with Gasteiger partial charge in [-0.3, -0.25) is 9.59 Å². The largest absolute Gasteiger partial charge is 0.484 e. The Balaban J connectivity index is 1.27. The molecule has 0 saturated carbocycles. The summed E-state index contributed by atoms with van der Waals surface area (Å²) < 4.78 is 10.8. The summed E-state index contributed by atoms with van der Waals surface area (Å²) in [5.74, 6) is 1.14. The Morgan fingerprint density at radius 2 is 1.72 bits per heavy atom. The van der Waals surface area contributed by atoms with Gasteiger partial charge < -0.3 is 24.7 Å². The predicted octanol–water partition coefficient (Wildman–Crippen LogP) is 3.37. The Morgan fingerprint density at radius 3 is 2.47 bits per heavy atom. The Morgan fingerprint density at radius 1 is 0.969 bits per heavy atom. The average molecular weight is 434 g/mol. The van der Waals surface area contributed by atoms with Crippen LogP contribution >= 0.6 is 0 Å². The Bertz CT molecular complexity index is 1010. The summed E-state index contributed by atoms with van der Waals surface area (Å²) in [7, 11) is 0. The quantitative estimate of drug-likeness (QED) is 0.569. The van der Waals surface area contributed by atoms with Crippen molar-refractivity contribution in [2.45, 2.75) is 25.4 Å². The minimum absolute atomic E-state index is 0.00288. The van der Waals surface area contributed by atoms with Gasteiger partial charge in [-0.05, 0) is 49.2 Å². The van der Waals surface area contributed by atoms with Crippen LogP contribution in [-0.4, -0.2) is 37.6 Å². The van der Waals surface area contributed by atoms with Gasteiger partial charge in [0.15, 0.2) is 6.61 Å². The molecule has 1 aliphatic heterocycles. The lowest BCUT2D eigenvalue weighted by Crippen LogP contribution is -2.46. The van der Waals surface area contributed by atoms with Crippen LogP contribution in [-0.2, 0) is 11.3 Å². The molecule has 1 aliphatic rings. The van der Waals surface area contributed by atoms with Crippen molar-refractivity contribution in [1.29, 1.82) is 0 Å². The number of hydrogen-bond donors (Lipinski definition) is 2. The number of furan rings is 1. The summed E-state index contributed by atoms with van der Waals surface area (Å²) in [6.07, 6.45) is 3.20. The number of anilines is 1. The van der Waals surface area contributed by atoms with Gasteiger partial charge in [-0.25, -0.2) is 0 Å². The molecule has 0 aliphatic carbocycles. The molecule has 7 heteroatoms. The SMILES string of the molecule is O=C(COc1ccccc1)NC1CCN(c2ccccc2C(=O)NCc2ccco2)CC1. The van der Waals surface area contributed by atoms with Crippen LogP contribution < -0.4 is 20.3 Å². The fraction of sp³-hybridized carbons (Fsp3) is 0.280. The second-order valence-electron chi connectivity index (χ2n) is 7.71. The Labute approximate surface area is 187 Å². The van der Waals surface area contributed by atoms with Crippen molar-refractivity contribution in [3.63, 3.8) is 0 Å². The molecule has 0 bridgehead atoms. The first-order valence-electron chi connectivity index (χ1n) is 10.8. The molecule has 3 aromatic rings. The van der Waals surface area contributed by atoms with Crippen LogP contribution in [0.1, 0.15) is 29.0 Å². The molecule has 2 amide bonds. The molecule has 1 aromatic heterocycles. The van der Waals surface area contributed by atoms with E-state index in [0.29, 0.717) is 23.6 Å². The van der Waals surface area contributed by atoms with Crippen molar-refractivity contribution in [1.82, 2.24) is 10.6 Å². The molecule has 4 rings (SSSR count). The van der Waals surface area contributed by atoms with Crippen molar-refractivity contribution < 1.29 is 18.7 Å². The van der Waals surface area contributed by atoms with Crippen molar-refractivity contribution in [3.05, 3.63) is 84.3 Å². The summed E-state index contributed by atoms with van der Waals surface area (Å²) in [5, 5.41) is 5.97. The van der Waals surface area contributed by atoms with E-state index in [4.69, 9.17) is 9.15 Å². The second-order valence-corrected chi connectivity index (χ2v) is 7.71. The summed E-state index contributed by atoms with van der Waals surface area (Å²) in [5.41, 5.74) is 1.54. The zero-order valence-corrected chi connectivity index (χ0v) is 17.8. The molecule has 32 heavy (non-hydrogen) atoms. The normalized spacial score (nSPS) is 14.1. The molecule has 0 unspecified atom stereocenters. The number of benzene rings is 2. The first-order valence-corrected chi connectivity index (χ1v) is 10.8. The van der Waals surface area contributed by atoms with Gasteiger partial charge >= 0.3 is 0 Å². The fourth-order valence-corrected chi connectivity index (χ4v) is 3.82. The Hall–Kier alpha value is -3.74. The van der Waals surface area contributed by atoms with Gasteiger partial charge in [0, 0.05) is 24.8 Å². The van der Waals surface area contributed by atoms with Crippen LogP contribution in [0.15, 0.2) is 77.4 Å². The molecular formula is C25H27N3O4. The predicted molar refractivity (Wildman–Crippen MR) is 122 cm³/mol. The summed E-state index contributed by atoms with van der Waals surface area (Å²) in [6.45, 7) is 1.86. The maximum atomic E-state index is 12.8. The van der Waals surface area contributed by atoms with E-state index in [1.807, 2.05) is 60.7 Å².